The fourth-order valence-electron chi connectivity index (χ4n) is 4.74. The zero-order valence-electron chi connectivity index (χ0n) is 19.5. The Hall–Kier alpha value is -3.45. The number of carbonyl (C=O) groups is 2. The maximum Gasteiger partial charge on any atom is 0.323 e. The third-order valence-electron chi connectivity index (χ3n) is 6.36. The Morgan fingerprint density at radius 2 is 1.82 bits per heavy atom. The highest BCUT2D eigenvalue weighted by atomic mass is 32.2. The maximum absolute atomic E-state index is 14.1. The number of anilines is 2. The highest BCUT2D eigenvalue weighted by Gasteiger charge is 2.59. The minimum atomic E-state index is -1.07. The van der Waals surface area contributed by atoms with Crippen molar-refractivity contribution in [1.82, 2.24) is 4.90 Å². The van der Waals surface area contributed by atoms with Crippen molar-refractivity contribution in [1.29, 1.82) is 0 Å². The van der Waals surface area contributed by atoms with E-state index in [2.05, 4.69) is 17.4 Å². The van der Waals surface area contributed by atoms with Crippen molar-refractivity contribution in [3.63, 3.8) is 0 Å². The molecule has 1 fully saturated rings. The molecule has 0 aliphatic carbocycles. The lowest BCUT2D eigenvalue weighted by Crippen LogP contribution is -2.51. The zero-order chi connectivity index (χ0) is 23.9. The molecule has 2 aliphatic rings. The number of methoxy groups -OCH3 is 1. The SMILES string of the molecule is COc1ccc(NC(=O)N2CCS[C@]23C(=O)N(Cc2cccc(C)c2)c2ccc(C)cc23)cc1. The molecular weight excluding hydrogens is 446 g/mol. The molecule has 174 valence electrons. The van der Waals surface area contributed by atoms with Gasteiger partial charge >= 0.3 is 6.03 Å². The highest BCUT2D eigenvalue weighted by molar-refractivity contribution is 8.01. The van der Waals surface area contributed by atoms with E-state index in [0.29, 0.717) is 30.3 Å². The van der Waals surface area contributed by atoms with Gasteiger partial charge < -0.3 is 15.0 Å². The summed E-state index contributed by atoms with van der Waals surface area (Å²) < 4.78 is 5.21. The molecule has 7 heteroatoms. The van der Waals surface area contributed by atoms with Crippen LogP contribution < -0.4 is 15.0 Å². The Morgan fingerprint density at radius 1 is 1.06 bits per heavy atom. The standard InChI is InChI=1S/C27H27N3O3S/c1-18-5-4-6-20(15-18)17-29-24-12-7-19(2)16-23(24)27(25(29)31)30(13-14-34-27)26(32)28-21-8-10-22(33-3)11-9-21/h4-12,15-16H,13-14,17H2,1-3H3,(H,28,32)/t27-/m1/s1. The molecule has 6 nitrogen and oxygen atoms in total. The molecular formula is C27H27N3O3S. The Morgan fingerprint density at radius 3 is 2.56 bits per heavy atom. The van der Waals surface area contributed by atoms with Gasteiger partial charge in [-0.2, -0.15) is 0 Å². The number of hydrogen-bond donors (Lipinski definition) is 1. The average Bonchev–Trinajstić information content (AvgIpc) is 3.37. The quantitative estimate of drug-likeness (QED) is 0.559. The van der Waals surface area contributed by atoms with Crippen LogP contribution in [0.4, 0.5) is 16.2 Å². The Balaban J connectivity index is 1.50. The molecule has 2 heterocycles. The average molecular weight is 474 g/mol. The van der Waals surface area contributed by atoms with Gasteiger partial charge in [0.05, 0.1) is 19.3 Å². The van der Waals surface area contributed by atoms with E-state index in [4.69, 9.17) is 4.74 Å². The van der Waals surface area contributed by atoms with Crippen molar-refractivity contribution in [2.75, 3.05) is 29.6 Å². The molecule has 3 aromatic rings. The molecule has 1 atom stereocenters. The predicted molar refractivity (Wildman–Crippen MR) is 136 cm³/mol. The first kappa shape index (κ1) is 22.3. The summed E-state index contributed by atoms with van der Waals surface area (Å²) in [7, 11) is 1.60. The number of carbonyl (C=O) groups excluding carboxylic acids is 2. The van der Waals surface area contributed by atoms with Gasteiger partial charge in [-0.1, -0.05) is 47.5 Å². The molecule has 1 N–H and O–H groups in total. The van der Waals surface area contributed by atoms with E-state index in [1.165, 1.54) is 11.8 Å². The fraction of sp³-hybridized carbons (Fsp3) is 0.259. The Bertz CT molecular complexity index is 1260. The van der Waals surface area contributed by atoms with Crippen LogP contribution in [0.2, 0.25) is 0 Å². The number of fused-ring (bicyclic) bond motifs is 2. The molecule has 0 radical (unpaired) electrons. The third-order valence-corrected chi connectivity index (χ3v) is 7.78. The third kappa shape index (κ3) is 3.70. The summed E-state index contributed by atoms with van der Waals surface area (Å²) in [4.78, 5) is 30.0. The lowest BCUT2D eigenvalue weighted by Gasteiger charge is -2.33. The van der Waals surface area contributed by atoms with Gasteiger partial charge in [0.25, 0.3) is 5.91 Å². The second-order valence-corrected chi connectivity index (χ2v) is 9.99. The number of aryl methyl sites for hydroxylation is 2. The summed E-state index contributed by atoms with van der Waals surface area (Å²) in [5, 5.41) is 2.97. The number of ether oxygens (including phenoxy) is 1. The molecule has 1 spiro atoms. The van der Waals surface area contributed by atoms with Crippen LogP contribution in [0.15, 0.2) is 66.7 Å². The van der Waals surface area contributed by atoms with Crippen LogP contribution >= 0.6 is 11.8 Å². The minimum Gasteiger partial charge on any atom is -0.497 e. The first-order valence-corrected chi connectivity index (χ1v) is 12.3. The number of benzene rings is 3. The summed E-state index contributed by atoms with van der Waals surface area (Å²) in [6.07, 6.45) is 0. The van der Waals surface area contributed by atoms with E-state index in [1.54, 1.807) is 36.3 Å². The second-order valence-electron chi connectivity index (χ2n) is 8.70. The molecule has 2 aliphatic heterocycles. The lowest BCUT2D eigenvalue weighted by atomic mass is 10.0. The van der Waals surface area contributed by atoms with Crippen molar-refractivity contribution >= 4 is 35.1 Å². The van der Waals surface area contributed by atoms with Crippen molar-refractivity contribution < 1.29 is 14.3 Å². The summed E-state index contributed by atoms with van der Waals surface area (Å²) in [6.45, 7) is 5.02. The van der Waals surface area contributed by atoms with Crippen molar-refractivity contribution in [3.05, 3.63) is 89.0 Å². The van der Waals surface area contributed by atoms with Gasteiger partial charge in [-0.05, 0) is 49.7 Å². The molecule has 34 heavy (non-hydrogen) atoms. The first-order valence-electron chi connectivity index (χ1n) is 11.3. The van der Waals surface area contributed by atoms with E-state index in [0.717, 1.165) is 27.9 Å². The Kier molecular flexibility index (Phi) is 5.73. The van der Waals surface area contributed by atoms with Crippen molar-refractivity contribution in [3.8, 4) is 5.75 Å². The number of nitrogens with one attached hydrogen (secondary N) is 1. The van der Waals surface area contributed by atoms with Crippen LogP contribution in [0.5, 0.6) is 5.75 Å². The van der Waals surface area contributed by atoms with Crippen LogP contribution in [0.1, 0.15) is 22.3 Å². The molecule has 1 saturated heterocycles. The minimum absolute atomic E-state index is 0.0676. The largest absolute Gasteiger partial charge is 0.497 e. The van der Waals surface area contributed by atoms with E-state index < -0.39 is 4.87 Å². The van der Waals surface area contributed by atoms with Crippen LogP contribution in [-0.4, -0.2) is 36.2 Å². The van der Waals surface area contributed by atoms with Crippen LogP contribution in [0.3, 0.4) is 0 Å². The molecule has 3 amide bonds. The molecule has 3 aromatic carbocycles. The van der Waals surface area contributed by atoms with Gasteiger partial charge in [-0.25, -0.2) is 4.79 Å². The van der Waals surface area contributed by atoms with Gasteiger partial charge in [0, 0.05) is 23.5 Å². The second kappa shape index (κ2) is 8.72. The molecule has 5 rings (SSSR count). The molecule has 0 unspecified atom stereocenters. The van der Waals surface area contributed by atoms with Crippen LogP contribution in [-0.2, 0) is 16.2 Å². The number of urea groups is 1. The molecule has 0 bridgehead atoms. The van der Waals surface area contributed by atoms with Gasteiger partial charge in [-0.3, -0.25) is 9.69 Å². The zero-order valence-corrected chi connectivity index (χ0v) is 20.3. The summed E-state index contributed by atoms with van der Waals surface area (Å²) in [5.41, 5.74) is 5.69. The number of nitrogens with zero attached hydrogens (tertiary/aromatic N) is 2. The van der Waals surface area contributed by atoms with Crippen LogP contribution in [0, 0.1) is 13.8 Å². The number of thioether (sulfide) groups is 1. The monoisotopic (exact) mass is 473 g/mol. The topological polar surface area (TPSA) is 61.9 Å². The smallest absolute Gasteiger partial charge is 0.323 e. The normalized spacial score (nSPS) is 19.0. The van der Waals surface area contributed by atoms with Gasteiger partial charge in [0.1, 0.15) is 5.75 Å². The van der Waals surface area contributed by atoms with Gasteiger partial charge in [0.2, 0.25) is 0 Å². The maximum atomic E-state index is 14.1. The summed E-state index contributed by atoms with van der Waals surface area (Å²) >= 11 is 1.54. The predicted octanol–water partition coefficient (Wildman–Crippen LogP) is 5.29. The van der Waals surface area contributed by atoms with Crippen molar-refractivity contribution in [2.24, 2.45) is 0 Å². The van der Waals surface area contributed by atoms with E-state index in [9.17, 15) is 9.59 Å². The number of hydrogen-bond acceptors (Lipinski definition) is 4. The number of rotatable bonds is 4. The molecule has 0 aromatic heterocycles. The summed E-state index contributed by atoms with van der Waals surface area (Å²) in [5.74, 6) is 1.34. The van der Waals surface area contributed by atoms with E-state index in [1.807, 2.05) is 49.1 Å². The summed E-state index contributed by atoms with van der Waals surface area (Å²) in [6, 6.07) is 21.2. The van der Waals surface area contributed by atoms with Gasteiger partial charge in [-0.15, -0.1) is 11.8 Å². The Labute approximate surface area is 203 Å². The van der Waals surface area contributed by atoms with E-state index >= 15 is 0 Å². The van der Waals surface area contributed by atoms with E-state index in [-0.39, 0.29) is 11.9 Å². The first-order chi connectivity index (χ1) is 16.4. The fourth-order valence-corrected chi connectivity index (χ4v) is 6.20. The van der Waals surface area contributed by atoms with Crippen LogP contribution in [0.25, 0.3) is 0 Å². The number of amides is 3. The lowest BCUT2D eigenvalue weighted by molar-refractivity contribution is -0.123. The molecule has 0 saturated carbocycles. The van der Waals surface area contributed by atoms with Crippen molar-refractivity contribution in [2.45, 2.75) is 25.3 Å². The highest BCUT2D eigenvalue weighted by Crippen LogP contribution is 2.54. The van der Waals surface area contributed by atoms with Gasteiger partial charge in [0.15, 0.2) is 4.87 Å².